The maximum Gasteiger partial charge on any atom is 0.264 e. The molecular formula is C22H23FN2O6S. The highest BCUT2D eigenvalue weighted by Crippen LogP contribution is 2.27. The van der Waals surface area contributed by atoms with Gasteiger partial charge in [0.25, 0.3) is 11.5 Å². The molecule has 0 fully saturated rings. The lowest BCUT2D eigenvalue weighted by Gasteiger charge is -2.25. The van der Waals surface area contributed by atoms with E-state index < -0.39 is 31.9 Å². The van der Waals surface area contributed by atoms with E-state index in [0.29, 0.717) is 11.3 Å². The molecule has 0 bridgehead atoms. The molecule has 32 heavy (non-hydrogen) atoms. The van der Waals surface area contributed by atoms with E-state index in [4.69, 9.17) is 9.94 Å². The molecule has 2 aromatic carbocycles. The van der Waals surface area contributed by atoms with Gasteiger partial charge in [0.15, 0.2) is 14.6 Å². The summed E-state index contributed by atoms with van der Waals surface area (Å²) in [6.07, 6.45) is 1.50. The number of nitrogens with one attached hydrogen (secondary N) is 1. The van der Waals surface area contributed by atoms with Gasteiger partial charge in [-0.2, -0.15) is 0 Å². The van der Waals surface area contributed by atoms with Crippen LogP contribution in [-0.4, -0.2) is 42.2 Å². The first kappa shape index (κ1) is 23.4. The summed E-state index contributed by atoms with van der Waals surface area (Å²) in [5.74, 6) is -1.11. The van der Waals surface area contributed by atoms with Crippen LogP contribution in [0.3, 0.4) is 0 Å². The zero-order chi connectivity index (χ0) is 23.7. The van der Waals surface area contributed by atoms with E-state index in [-0.39, 0.29) is 23.7 Å². The normalized spacial score (nSPS) is 13.5. The van der Waals surface area contributed by atoms with E-state index in [0.717, 1.165) is 29.5 Å². The summed E-state index contributed by atoms with van der Waals surface area (Å²) in [4.78, 5) is 24.9. The molecule has 0 aliphatic heterocycles. The number of aryl methyl sites for hydroxylation is 1. The van der Waals surface area contributed by atoms with Crippen LogP contribution in [0.4, 0.5) is 4.39 Å². The second-order valence-electron chi connectivity index (χ2n) is 7.66. The highest BCUT2D eigenvalue weighted by Gasteiger charge is 2.43. The molecule has 1 atom stereocenters. The number of rotatable bonds is 7. The smallest absolute Gasteiger partial charge is 0.264 e. The molecule has 0 aliphatic carbocycles. The standard InChI is InChI=1S/C22H23FN2O6S/c1-22(21(27)24-28,32(3,29)30)10-11-25-13-19(23)18-12-15(6-9-17(18)20(25)26)14-4-7-16(31-2)8-5-14/h4-9,12-13,28H,10-11H2,1-3H3,(H,24,27). The lowest BCUT2D eigenvalue weighted by atomic mass is 10.0. The number of amides is 1. The average molecular weight is 462 g/mol. The van der Waals surface area contributed by atoms with Crippen molar-refractivity contribution < 1.29 is 27.5 Å². The van der Waals surface area contributed by atoms with Crippen molar-refractivity contribution >= 4 is 26.5 Å². The fourth-order valence-corrected chi connectivity index (χ4v) is 4.24. The van der Waals surface area contributed by atoms with Gasteiger partial charge in [0, 0.05) is 24.4 Å². The van der Waals surface area contributed by atoms with Gasteiger partial charge < -0.3 is 9.30 Å². The summed E-state index contributed by atoms with van der Waals surface area (Å²) in [6.45, 7) is 0.889. The van der Waals surface area contributed by atoms with Gasteiger partial charge in [0.1, 0.15) is 11.6 Å². The van der Waals surface area contributed by atoms with E-state index in [1.165, 1.54) is 11.5 Å². The Balaban J connectivity index is 1.99. The molecule has 8 nitrogen and oxygen atoms in total. The molecule has 0 saturated heterocycles. The molecule has 1 amide bonds. The fourth-order valence-electron chi connectivity index (χ4n) is 3.40. The molecule has 0 aliphatic rings. The van der Waals surface area contributed by atoms with E-state index in [2.05, 4.69) is 0 Å². The van der Waals surface area contributed by atoms with Crippen LogP contribution in [0.25, 0.3) is 21.9 Å². The molecule has 1 aromatic heterocycles. The van der Waals surface area contributed by atoms with Crippen LogP contribution < -0.4 is 15.8 Å². The summed E-state index contributed by atoms with van der Waals surface area (Å²) in [5.41, 5.74) is 2.34. The number of fused-ring (bicyclic) bond motifs is 1. The van der Waals surface area contributed by atoms with Gasteiger partial charge in [-0.05, 0) is 48.7 Å². The molecular weight excluding hydrogens is 439 g/mol. The van der Waals surface area contributed by atoms with E-state index >= 15 is 0 Å². The number of carbonyl (C=O) groups excluding carboxylic acids is 1. The molecule has 3 aromatic rings. The number of hydrogen-bond donors (Lipinski definition) is 2. The number of nitrogens with zero attached hydrogens (tertiary/aromatic N) is 1. The summed E-state index contributed by atoms with van der Waals surface area (Å²) < 4.78 is 43.3. The van der Waals surface area contributed by atoms with E-state index in [1.54, 1.807) is 31.4 Å². The first-order chi connectivity index (χ1) is 15.0. The average Bonchev–Trinajstić information content (AvgIpc) is 2.78. The number of carbonyl (C=O) groups is 1. The number of benzene rings is 2. The minimum Gasteiger partial charge on any atom is -0.497 e. The van der Waals surface area contributed by atoms with Crippen molar-refractivity contribution in [3.05, 3.63) is 64.8 Å². The number of hydroxylamine groups is 1. The van der Waals surface area contributed by atoms with Crippen LogP contribution in [0.2, 0.25) is 0 Å². The number of methoxy groups -OCH3 is 1. The lowest BCUT2D eigenvalue weighted by molar-refractivity contribution is -0.131. The Morgan fingerprint density at radius 1 is 1.16 bits per heavy atom. The molecule has 1 unspecified atom stereocenters. The Morgan fingerprint density at radius 3 is 2.34 bits per heavy atom. The van der Waals surface area contributed by atoms with E-state index in [1.807, 2.05) is 12.1 Å². The summed E-state index contributed by atoms with van der Waals surface area (Å²) in [7, 11) is -2.39. The van der Waals surface area contributed by atoms with Crippen molar-refractivity contribution in [3.8, 4) is 16.9 Å². The minimum atomic E-state index is -3.94. The Bertz CT molecular complexity index is 1340. The van der Waals surface area contributed by atoms with Crippen LogP contribution in [0, 0.1) is 5.82 Å². The topological polar surface area (TPSA) is 115 Å². The van der Waals surface area contributed by atoms with Gasteiger partial charge in [0.05, 0.1) is 12.5 Å². The SMILES string of the molecule is COc1ccc(-c2ccc3c(=O)n(CCC(C)(C(=O)NO)S(C)(=O)=O)cc(F)c3c2)cc1. The maximum absolute atomic E-state index is 14.9. The van der Waals surface area contributed by atoms with Crippen molar-refractivity contribution in [2.75, 3.05) is 13.4 Å². The van der Waals surface area contributed by atoms with Gasteiger partial charge in [-0.25, -0.2) is 18.3 Å². The number of pyridine rings is 1. The summed E-state index contributed by atoms with van der Waals surface area (Å²) >= 11 is 0. The Hall–Kier alpha value is -3.24. The number of hydrogen-bond acceptors (Lipinski definition) is 6. The van der Waals surface area contributed by atoms with Crippen molar-refractivity contribution in [2.45, 2.75) is 24.6 Å². The second-order valence-corrected chi connectivity index (χ2v) is 10.1. The highest BCUT2D eigenvalue weighted by molar-refractivity contribution is 7.92. The lowest BCUT2D eigenvalue weighted by Crippen LogP contribution is -2.50. The van der Waals surface area contributed by atoms with Crippen LogP contribution >= 0.6 is 0 Å². The van der Waals surface area contributed by atoms with Crippen LogP contribution in [-0.2, 0) is 21.2 Å². The summed E-state index contributed by atoms with van der Waals surface area (Å²) in [5, 5.41) is 9.16. The van der Waals surface area contributed by atoms with Gasteiger partial charge in [-0.1, -0.05) is 18.2 Å². The third-order valence-corrected chi connectivity index (χ3v) is 7.72. The summed E-state index contributed by atoms with van der Waals surface area (Å²) in [6, 6.07) is 11.9. The van der Waals surface area contributed by atoms with Crippen LogP contribution in [0.1, 0.15) is 13.3 Å². The van der Waals surface area contributed by atoms with Crippen LogP contribution in [0.5, 0.6) is 5.75 Å². The van der Waals surface area contributed by atoms with Gasteiger partial charge in [-0.15, -0.1) is 0 Å². The molecule has 2 N–H and O–H groups in total. The first-order valence-corrected chi connectivity index (χ1v) is 11.5. The van der Waals surface area contributed by atoms with Crippen molar-refractivity contribution in [1.29, 1.82) is 0 Å². The van der Waals surface area contributed by atoms with Crippen molar-refractivity contribution in [2.24, 2.45) is 0 Å². The monoisotopic (exact) mass is 462 g/mol. The molecule has 1 heterocycles. The van der Waals surface area contributed by atoms with E-state index in [9.17, 15) is 22.4 Å². The quantitative estimate of drug-likeness (QED) is 0.412. The number of halogens is 1. The predicted octanol–water partition coefficient (Wildman–Crippen LogP) is 2.52. The molecule has 10 heteroatoms. The third-order valence-electron chi connectivity index (χ3n) is 5.69. The molecule has 0 spiro atoms. The number of aromatic nitrogens is 1. The molecule has 0 radical (unpaired) electrons. The zero-order valence-electron chi connectivity index (χ0n) is 17.8. The van der Waals surface area contributed by atoms with Gasteiger partial charge in [-0.3, -0.25) is 14.8 Å². The third kappa shape index (κ3) is 4.23. The highest BCUT2D eigenvalue weighted by atomic mass is 32.2. The van der Waals surface area contributed by atoms with Crippen LogP contribution in [0.15, 0.2) is 53.5 Å². The predicted molar refractivity (Wildman–Crippen MR) is 118 cm³/mol. The first-order valence-electron chi connectivity index (χ1n) is 9.63. The van der Waals surface area contributed by atoms with Crippen molar-refractivity contribution in [1.82, 2.24) is 10.0 Å². The Morgan fingerprint density at radius 2 is 1.78 bits per heavy atom. The second kappa shape index (κ2) is 8.71. The Labute approximate surface area is 184 Å². The van der Waals surface area contributed by atoms with Gasteiger partial charge >= 0.3 is 0 Å². The molecule has 170 valence electrons. The number of ether oxygens (including phenoxy) is 1. The van der Waals surface area contributed by atoms with Gasteiger partial charge in [0.2, 0.25) is 0 Å². The Kier molecular flexibility index (Phi) is 6.38. The maximum atomic E-state index is 14.9. The van der Waals surface area contributed by atoms with Crippen molar-refractivity contribution in [3.63, 3.8) is 0 Å². The largest absolute Gasteiger partial charge is 0.497 e. The molecule has 0 saturated carbocycles. The zero-order valence-corrected chi connectivity index (χ0v) is 18.6. The minimum absolute atomic E-state index is 0.120. The fraction of sp³-hybridized carbons (Fsp3) is 0.273. The number of sulfone groups is 1. The molecule has 3 rings (SSSR count).